The summed E-state index contributed by atoms with van der Waals surface area (Å²) in [4.78, 5) is 13.9. The molecule has 1 aliphatic carbocycles. The van der Waals surface area contributed by atoms with Gasteiger partial charge in [0.05, 0.1) is 0 Å². The number of nitrogens with zero attached hydrogens (tertiary/aromatic N) is 1. The van der Waals surface area contributed by atoms with E-state index in [1.54, 1.807) is 6.07 Å². The number of benzene rings is 1. The van der Waals surface area contributed by atoms with Crippen molar-refractivity contribution in [3.05, 3.63) is 35.1 Å². The highest BCUT2D eigenvalue weighted by molar-refractivity contribution is 5.76. The first-order valence-corrected chi connectivity index (χ1v) is 7.54. The van der Waals surface area contributed by atoms with Crippen LogP contribution in [-0.4, -0.2) is 30.4 Å². The lowest BCUT2D eigenvalue weighted by Gasteiger charge is -2.17. The normalized spacial score (nSPS) is 21.2. The van der Waals surface area contributed by atoms with Gasteiger partial charge >= 0.3 is 0 Å². The quantitative estimate of drug-likeness (QED) is 0.916. The second-order valence-electron chi connectivity index (χ2n) is 5.69. The fourth-order valence-electron chi connectivity index (χ4n) is 3.30. The van der Waals surface area contributed by atoms with Crippen LogP contribution in [0.4, 0.5) is 4.39 Å². The van der Waals surface area contributed by atoms with Gasteiger partial charge in [0.2, 0.25) is 5.91 Å². The second-order valence-corrected chi connectivity index (χ2v) is 5.69. The summed E-state index contributed by atoms with van der Waals surface area (Å²) in [6.07, 6.45) is 4.53. The largest absolute Gasteiger partial charge is 0.343 e. The van der Waals surface area contributed by atoms with E-state index >= 15 is 0 Å². The van der Waals surface area contributed by atoms with Crippen molar-refractivity contribution in [2.24, 2.45) is 0 Å². The first kappa shape index (κ1) is 13.6. The number of nitrogens with one attached hydrogen (secondary N) is 1. The van der Waals surface area contributed by atoms with Gasteiger partial charge in [-0.1, -0.05) is 12.1 Å². The van der Waals surface area contributed by atoms with Crippen LogP contribution in [0.15, 0.2) is 18.2 Å². The van der Waals surface area contributed by atoms with Crippen molar-refractivity contribution < 1.29 is 9.18 Å². The van der Waals surface area contributed by atoms with E-state index in [-0.39, 0.29) is 17.8 Å². The van der Waals surface area contributed by atoms with E-state index in [0.717, 1.165) is 49.9 Å². The van der Waals surface area contributed by atoms with Gasteiger partial charge in [0.25, 0.3) is 0 Å². The van der Waals surface area contributed by atoms with Gasteiger partial charge in [0.15, 0.2) is 0 Å². The Balaban J connectivity index is 1.51. The molecule has 1 amide bonds. The molecule has 0 radical (unpaired) electrons. The molecule has 4 heteroatoms. The van der Waals surface area contributed by atoms with E-state index in [2.05, 4.69) is 5.32 Å². The maximum absolute atomic E-state index is 13.6. The molecule has 1 unspecified atom stereocenters. The summed E-state index contributed by atoms with van der Waals surface area (Å²) in [5.41, 5.74) is 1.91. The SMILES string of the molecule is O=C(CCNC1CCc2c(F)cccc21)N1CCCC1. The lowest BCUT2D eigenvalue weighted by atomic mass is 10.1. The minimum Gasteiger partial charge on any atom is -0.343 e. The minimum atomic E-state index is -0.0973. The standard InChI is InChI=1S/C16H21FN2O/c17-14-5-3-4-13-12(14)6-7-15(13)18-9-8-16(20)19-10-1-2-11-19/h3-5,15,18H,1-2,6-11H2. The van der Waals surface area contributed by atoms with Crippen LogP contribution in [0.2, 0.25) is 0 Å². The zero-order chi connectivity index (χ0) is 13.9. The monoisotopic (exact) mass is 276 g/mol. The Kier molecular flexibility index (Phi) is 4.01. The van der Waals surface area contributed by atoms with Gasteiger partial charge in [-0.15, -0.1) is 0 Å². The Labute approximate surface area is 119 Å². The van der Waals surface area contributed by atoms with Gasteiger partial charge in [0.1, 0.15) is 5.82 Å². The first-order chi connectivity index (χ1) is 9.75. The van der Waals surface area contributed by atoms with Crippen molar-refractivity contribution in [2.45, 2.75) is 38.1 Å². The zero-order valence-electron chi connectivity index (χ0n) is 11.7. The molecule has 108 valence electrons. The predicted octanol–water partition coefficient (Wildman–Crippen LogP) is 2.42. The van der Waals surface area contributed by atoms with Crippen LogP contribution in [-0.2, 0) is 11.2 Å². The Morgan fingerprint density at radius 3 is 2.95 bits per heavy atom. The molecule has 0 bridgehead atoms. The summed E-state index contributed by atoms with van der Waals surface area (Å²) in [6, 6.07) is 5.49. The molecule has 1 N–H and O–H groups in total. The number of halogens is 1. The molecule has 3 nitrogen and oxygen atoms in total. The summed E-state index contributed by atoms with van der Waals surface area (Å²) in [6.45, 7) is 2.50. The van der Waals surface area contributed by atoms with Crippen molar-refractivity contribution >= 4 is 5.91 Å². The molecule has 20 heavy (non-hydrogen) atoms. The zero-order valence-corrected chi connectivity index (χ0v) is 11.7. The third-order valence-corrected chi connectivity index (χ3v) is 4.40. The number of carbonyl (C=O) groups excluding carboxylic acids is 1. The number of amides is 1. The number of hydrogen-bond acceptors (Lipinski definition) is 2. The molecule has 1 heterocycles. The molecule has 1 aromatic rings. The van der Waals surface area contributed by atoms with Gasteiger partial charge in [0, 0.05) is 32.1 Å². The Morgan fingerprint density at radius 1 is 1.35 bits per heavy atom. The van der Waals surface area contributed by atoms with Crippen molar-refractivity contribution in [3.8, 4) is 0 Å². The van der Waals surface area contributed by atoms with Crippen molar-refractivity contribution in [1.29, 1.82) is 0 Å². The van der Waals surface area contributed by atoms with Crippen LogP contribution in [0.5, 0.6) is 0 Å². The van der Waals surface area contributed by atoms with Crippen molar-refractivity contribution in [2.75, 3.05) is 19.6 Å². The van der Waals surface area contributed by atoms with Crippen LogP contribution in [0.25, 0.3) is 0 Å². The highest BCUT2D eigenvalue weighted by atomic mass is 19.1. The minimum absolute atomic E-state index is 0.0973. The third-order valence-electron chi connectivity index (χ3n) is 4.40. The van der Waals surface area contributed by atoms with Crippen molar-refractivity contribution in [3.63, 3.8) is 0 Å². The highest BCUT2D eigenvalue weighted by Crippen LogP contribution is 2.32. The number of hydrogen-bond donors (Lipinski definition) is 1. The molecule has 1 aliphatic heterocycles. The van der Waals surface area contributed by atoms with Crippen LogP contribution >= 0.6 is 0 Å². The Morgan fingerprint density at radius 2 is 2.15 bits per heavy atom. The second kappa shape index (κ2) is 5.92. The maximum Gasteiger partial charge on any atom is 0.223 e. The van der Waals surface area contributed by atoms with E-state index in [4.69, 9.17) is 0 Å². The van der Waals surface area contributed by atoms with E-state index in [0.29, 0.717) is 13.0 Å². The lowest BCUT2D eigenvalue weighted by Crippen LogP contribution is -2.31. The fourth-order valence-corrected chi connectivity index (χ4v) is 3.30. The van der Waals surface area contributed by atoms with Gasteiger partial charge in [-0.25, -0.2) is 4.39 Å². The van der Waals surface area contributed by atoms with Crippen LogP contribution in [0, 0.1) is 5.82 Å². The predicted molar refractivity (Wildman–Crippen MR) is 75.9 cm³/mol. The van der Waals surface area contributed by atoms with E-state index in [1.165, 1.54) is 6.07 Å². The van der Waals surface area contributed by atoms with Crippen LogP contribution in [0.3, 0.4) is 0 Å². The molecule has 0 saturated carbocycles. The van der Waals surface area contributed by atoms with Crippen molar-refractivity contribution in [1.82, 2.24) is 10.2 Å². The molecular formula is C16H21FN2O. The van der Waals surface area contributed by atoms with E-state index < -0.39 is 0 Å². The van der Waals surface area contributed by atoms with Gasteiger partial charge in [-0.2, -0.15) is 0 Å². The number of fused-ring (bicyclic) bond motifs is 1. The fraction of sp³-hybridized carbons (Fsp3) is 0.562. The van der Waals surface area contributed by atoms with E-state index in [1.807, 2.05) is 11.0 Å². The molecule has 1 fully saturated rings. The van der Waals surface area contributed by atoms with Gasteiger partial charge < -0.3 is 10.2 Å². The molecule has 1 saturated heterocycles. The Bertz CT molecular complexity index is 497. The topological polar surface area (TPSA) is 32.3 Å². The van der Waals surface area contributed by atoms with Gasteiger partial charge in [-0.3, -0.25) is 4.79 Å². The Hall–Kier alpha value is -1.42. The third kappa shape index (κ3) is 2.70. The molecule has 3 rings (SSSR count). The summed E-state index contributed by atoms with van der Waals surface area (Å²) in [5, 5.41) is 3.41. The number of likely N-dealkylation sites (tertiary alicyclic amines) is 1. The smallest absolute Gasteiger partial charge is 0.223 e. The summed E-state index contributed by atoms with van der Waals surface area (Å²) in [5.74, 6) is 0.146. The van der Waals surface area contributed by atoms with E-state index in [9.17, 15) is 9.18 Å². The van der Waals surface area contributed by atoms with Crippen LogP contribution < -0.4 is 5.32 Å². The molecule has 0 aromatic heterocycles. The molecule has 2 aliphatic rings. The lowest BCUT2D eigenvalue weighted by molar-refractivity contribution is -0.130. The first-order valence-electron chi connectivity index (χ1n) is 7.54. The number of carbonyl (C=O) groups is 1. The summed E-state index contributed by atoms with van der Waals surface area (Å²) < 4.78 is 13.6. The maximum atomic E-state index is 13.6. The number of rotatable bonds is 4. The molecule has 1 aromatic carbocycles. The average Bonchev–Trinajstić information content (AvgIpc) is 3.09. The van der Waals surface area contributed by atoms with Crippen LogP contribution in [0.1, 0.15) is 42.9 Å². The average molecular weight is 276 g/mol. The molecule has 1 atom stereocenters. The molecule has 0 spiro atoms. The summed E-state index contributed by atoms with van der Waals surface area (Å²) in [7, 11) is 0. The molecular weight excluding hydrogens is 255 g/mol. The highest BCUT2D eigenvalue weighted by Gasteiger charge is 2.24. The van der Waals surface area contributed by atoms with Gasteiger partial charge in [-0.05, 0) is 42.9 Å². The summed E-state index contributed by atoms with van der Waals surface area (Å²) >= 11 is 0.